The van der Waals surface area contributed by atoms with Crippen molar-refractivity contribution >= 4 is 38.7 Å². The summed E-state index contributed by atoms with van der Waals surface area (Å²) in [6, 6.07) is 17.5. The van der Waals surface area contributed by atoms with E-state index >= 15 is 0 Å². The molecule has 0 fully saturated rings. The Kier molecular flexibility index (Phi) is 4.80. The fraction of sp³-hybridized carbons (Fsp3) is 0.0952. The van der Waals surface area contributed by atoms with E-state index in [1.54, 1.807) is 12.4 Å². The number of pyridine rings is 2. The van der Waals surface area contributed by atoms with Gasteiger partial charge in [0.2, 0.25) is 0 Å². The summed E-state index contributed by atoms with van der Waals surface area (Å²) < 4.78 is 1.13. The highest BCUT2D eigenvalue weighted by Crippen LogP contribution is 2.26. The summed E-state index contributed by atoms with van der Waals surface area (Å²) in [7, 11) is 0. The van der Waals surface area contributed by atoms with Crippen molar-refractivity contribution in [2.75, 3.05) is 11.1 Å². The molecule has 5 nitrogen and oxygen atoms in total. The minimum atomic E-state index is 0.123. The SMILES string of the molecule is Nc1ncccc1NCc1cc(CC(=O)c2cc3ccccc3s2)ccn1. The summed E-state index contributed by atoms with van der Waals surface area (Å²) in [6.07, 6.45) is 3.74. The Labute approximate surface area is 160 Å². The maximum Gasteiger partial charge on any atom is 0.177 e. The fourth-order valence-corrected chi connectivity index (χ4v) is 3.88. The van der Waals surface area contributed by atoms with Crippen LogP contribution in [-0.4, -0.2) is 15.8 Å². The molecule has 27 heavy (non-hydrogen) atoms. The summed E-state index contributed by atoms with van der Waals surface area (Å²) in [6.45, 7) is 0.515. The lowest BCUT2D eigenvalue weighted by Gasteiger charge is -2.08. The van der Waals surface area contributed by atoms with Crippen molar-refractivity contribution in [1.82, 2.24) is 9.97 Å². The number of thiophene rings is 1. The van der Waals surface area contributed by atoms with Crippen LogP contribution in [0, 0.1) is 0 Å². The molecule has 3 aromatic heterocycles. The zero-order valence-electron chi connectivity index (χ0n) is 14.6. The zero-order valence-corrected chi connectivity index (χ0v) is 15.4. The van der Waals surface area contributed by atoms with Gasteiger partial charge in [-0.3, -0.25) is 9.78 Å². The number of Topliss-reactive ketones (excluding diaryl/α,β-unsaturated/α-hetero) is 1. The lowest BCUT2D eigenvalue weighted by atomic mass is 10.1. The second-order valence-corrected chi connectivity index (χ2v) is 7.28. The van der Waals surface area contributed by atoms with E-state index in [0.29, 0.717) is 18.8 Å². The first-order valence-electron chi connectivity index (χ1n) is 8.59. The van der Waals surface area contributed by atoms with Crippen LogP contribution in [0.4, 0.5) is 11.5 Å². The van der Waals surface area contributed by atoms with Crippen molar-refractivity contribution in [3.63, 3.8) is 0 Å². The molecule has 6 heteroatoms. The number of fused-ring (bicyclic) bond motifs is 1. The molecule has 0 aliphatic heterocycles. The normalized spacial score (nSPS) is 10.8. The first-order valence-corrected chi connectivity index (χ1v) is 9.40. The zero-order chi connectivity index (χ0) is 18.6. The van der Waals surface area contributed by atoms with E-state index < -0.39 is 0 Å². The van der Waals surface area contributed by atoms with Gasteiger partial charge in [0.25, 0.3) is 0 Å². The Balaban J connectivity index is 1.45. The molecule has 0 saturated carbocycles. The van der Waals surface area contributed by atoms with Crippen LogP contribution >= 0.6 is 11.3 Å². The van der Waals surface area contributed by atoms with Crippen LogP contribution in [-0.2, 0) is 13.0 Å². The number of benzene rings is 1. The van der Waals surface area contributed by atoms with E-state index in [2.05, 4.69) is 15.3 Å². The Bertz CT molecular complexity index is 1070. The topological polar surface area (TPSA) is 80.9 Å². The van der Waals surface area contributed by atoms with Crippen LogP contribution in [0.5, 0.6) is 0 Å². The average Bonchev–Trinajstić information content (AvgIpc) is 3.12. The molecule has 4 aromatic rings. The predicted molar refractivity (Wildman–Crippen MR) is 110 cm³/mol. The second-order valence-electron chi connectivity index (χ2n) is 6.19. The lowest BCUT2D eigenvalue weighted by Crippen LogP contribution is -2.06. The highest BCUT2D eigenvalue weighted by Gasteiger charge is 2.11. The molecule has 4 rings (SSSR count). The monoisotopic (exact) mass is 374 g/mol. The molecule has 0 amide bonds. The third-order valence-corrected chi connectivity index (χ3v) is 5.40. The summed E-state index contributed by atoms with van der Waals surface area (Å²) >= 11 is 1.54. The fourth-order valence-electron chi connectivity index (χ4n) is 2.88. The van der Waals surface area contributed by atoms with Gasteiger partial charge in [-0.05, 0) is 47.3 Å². The Hall–Kier alpha value is -3.25. The van der Waals surface area contributed by atoms with Gasteiger partial charge in [0.05, 0.1) is 22.8 Å². The molecule has 0 bridgehead atoms. The summed E-state index contributed by atoms with van der Waals surface area (Å²) in [5.74, 6) is 0.575. The van der Waals surface area contributed by atoms with Gasteiger partial charge >= 0.3 is 0 Å². The molecular formula is C21H18N4OS. The largest absolute Gasteiger partial charge is 0.382 e. The van der Waals surface area contributed by atoms with E-state index in [-0.39, 0.29) is 5.78 Å². The lowest BCUT2D eigenvalue weighted by molar-refractivity contribution is 0.0997. The Morgan fingerprint density at radius 1 is 1.04 bits per heavy atom. The molecule has 0 aliphatic carbocycles. The van der Waals surface area contributed by atoms with Crippen LogP contribution in [0.2, 0.25) is 0 Å². The number of hydrogen-bond donors (Lipinski definition) is 2. The quantitative estimate of drug-likeness (QED) is 0.492. The minimum Gasteiger partial charge on any atom is -0.382 e. The number of aromatic nitrogens is 2. The summed E-state index contributed by atoms with van der Waals surface area (Å²) in [5.41, 5.74) is 8.40. The van der Waals surface area contributed by atoms with Crippen molar-refractivity contribution in [1.29, 1.82) is 0 Å². The van der Waals surface area contributed by atoms with Crippen LogP contribution in [0.3, 0.4) is 0 Å². The predicted octanol–water partition coefficient (Wildman–Crippen LogP) is 4.31. The smallest absolute Gasteiger partial charge is 0.177 e. The van der Waals surface area contributed by atoms with Gasteiger partial charge in [-0.1, -0.05) is 18.2 Å². The highest BCUT2D eigenvalue weighted by atomic mass is 32.1. The standard InChI is InChI=1S/C21H18N4OS/c22-21-17(5-3-8-24-21)25-13-16-10-14(7-9-23-16)11-18(26)20-12-15-4-1-2-6-19(15)27-20/h1-10,12,25H,11,13H2,(H2,22,24). The van der Waals surface area contributed by atoms with Crippen LogP contribution in [0.15, 0.2) is 67.0 Å². The van der Waals surface area contributed by atoms with Gasteiger partial charge in [0.15, 0.2) is 5.78 Å². The number of anilines is 2. The number of nitrogens with two attached hydrogens (primary N) is 1. The average molecular weight is 374 g/mol. The molecule has 0 saturated heterocycles. The van der Waals surface area contributed by atoms with E-state index in [1.807, 2.05) is 54.6 Å². The van der Waals surface area contributed by atoms with E-state index in [9.17, 15) is 4.79 Å². The van der Waals surface area contributed by atoms with Crippen molar-refractivity contribution in [2.24, 2.45) is 0 Å². The number of nitrogens with zero attached hydrogens (tertiary/aromatic N) is 2. The number of hydrogen-bond acceptors (Lipinski definition) is 6. The van der Waals surface area contributed by atoms with Crippen molar-refractivity contribution in [2.45, 2.75) is 13.0 Å². The number of carbonyl (C=O) groups is 1. The van der Waals surface area contributed by atoms with Gasteiger partial charge < -0.3 is 11.1 Å². The molecule has 3 heterocycles. The maximum absolute atomic E-state index is 12.7. The van der Waals surface area contributed by atoms with E-state index in [0.717, 1.165) is 31.9 Å². The molecule has 0 spiro atoms. The first kappa shape index (κ1) is 17.2. The van der Waals surface area contributed by atoms with Crippen molar-refractivity contribution < 1.29 is 4.79 Å². The van der Waals surface area contributed by atoms with Crippen LogP contribution in [0.25, 0.3) is 10.1 Å². The summed E-state index contributed by atoms with van der Waals surface area (Å²) in [4.78, 5) is 21.9. The highest BCUT2D eigenvalue weighted by molar-refractivity contribution is 7.20. The Morgan fingerprint density at radius 3 is 2.78 bits per heavy atom. The molecule has 0 atom stereocenters. The molecule has 134 valence electrons. The number of carbonyl (C=O) groups excluding carboxylic acids is 1. The van der Waals surface area contributed by atoms with Gasteiger partial charge in [-0.15, -0.1) is 11.3 Å². The Morgan fingerprint density at radius 2 is 1.93 bits per heavy atom. The first-order chi connectivity index (χ1) is 13.2. The number of rotatable bonds is 6. The van der Waals surface area contributed by atoms with E-state index in [4.69, 9.17) is 5.73 Å². The number of nitrogen functional groups attached to an aromatic ring is 1. The second kappa shape index (κ2) is 7.55. The molecular weight excluding hydrogens is 356 g/mol. The van der Waals surface area contributed by atoms with Crippen molar-refractivity contribution in [3.8, 4) is 0 Å². The van der Waals surface area contributed by atoms with Crippen molar-refractivity contribution in [3.05, 3.63) is 83.1 Å². The minimum absolute atomic E-state index is 0.123. The maximum atomic E-state index is 12.7. The molecule has 3 N–H and O–H groups in total. The van der Waals surface area contributed by atoms with Crippen LogP contribution < -0.4 is 11.1 Å². The molecule has 0 aliphatic rings. The summed E-state index contributed by atoms with van der Waals surface area (Å²) in [5, 5.41) is 4.34. The third kappa shape index (κ3) is 3.96. The van der Waals surface area contributed by atoms with Crippen LogP contribution in [0.1, 0.15) is 20.9 Å². The third-order valence-electron chi connectivity index (χ3n) is 4.24. The molecule has 1 aromatic carbocycles. The molecule has 0 radical (unpaired) electrons. The van der Waals surface area contributed by atoms with Gasteiger partial charge in [-0.25, -0.2) is 4.98 Å². The van der Waals surface area contributed by atoms with Gasteiger partial charge in [0.1, 0.15) is 5.82 Å². The molecule has 0 unspecified atom stereocenters. The van der Waals surface area contributed by atoms with Gasteiger partial charge in [-0.2, -0.15) is 0 Å². The van der Waals surface area contributed by atoms with E-state index in [1.165, 1.54) is 11.3 Å². The van der Waals surface area contributed by atoms with Gasteiger partial charge in [0, 0.05) is 23.5 Å². The number of nitrogens with one attached hydrogen (secondary N) is 1. The number of ketones is 1.